The van der Waals surface area contributed by atoms with E-state index in [4.69, 9.17) is 0 Å². The molecule has 6 rings (SSSR count). The summed E-state index contributed by atoms with van der Waals surface area (Å²) in [5.41, 5.74) is 1.06. The molecule has 0 amide bonds. The first-order chi connectivity index (χ1) is 15.2. The molecule has 0 radical (unpaired) electrons. The third-order valence-electron chi connectivity index (χ3n) is 10.9. The highest BCUT2D eigenvalue weighted by Gasteiger charge is 2.70. The molecule has 0 spiro atoms. The van der Waals surface area contributed by atoms with Gasteiger partial charge < -0.3 is 5.11 Å². The molecule has 1 N–H and O–H groups in total. The molecule has 32 heavy (non-hydrogen) atoms. The second kappa shape index (κ2) is 6.92. The molecule has 5 aliphatic rings. The summed E-state index contributed by atoms with van der Waals surface area (Å²) in [6.45, 7) is 6.69. The minimum absolute atomic E-state index is 0.137. The van der Waals surface area contributed by atoms with Crippen molar-refractivity contribution in [3.63, 3.8) is 0 Å². The van der Waals surface area contributed by atoms with E-state index in [0.29, 0.717) is 35.6 Å². The number of nitrogens with zero attached hydrogens (tertiary/aromatic N) is 3. The molecule has 1 heterocycles. The van der Waals surface area contributed by atoms with Gasteiger partial charge in [0.2, 0.25) is 0 Å². The van der Waals surface area contributed by atoms with E-state index >= 15 is 0 Å². The zero-order valence-electron chi connectivity index (χ0n) is 19.8. The van der Waals surface area contributed by atoms with Gasteiger partial charge in [0.25, 0.3) is 0 Å². The van der Waals surface area contributed by atoms with E-state index in [0.717, 1.165) is 42.2 Å². The van der Waals surface area contributed by atoms with Crippen LogP contribution in [0.2, 0.25) is 0 Å². The first-order valence-corrected chi connectivity index (χ1v) is 12.9. The molecule has 0 bridgehead atoms. The predicted octanol–water partition coefficient (Wildman–Crippen LogP) is 4.51. The van der Waals surface area contributed by atoms with Crippen molar-refractivity contribution in [3.05, 3.63) is 17.5 Å². The second-order valence-electron chi connectivity index (χ2n) is 12.6. The number of carbonyl (C=O) groups is 1. The highest BCUT2D eigenvalue weighted by molar-refractivity contribution is 5.83. The lowest BCUT2D eigenvalue weighted by molar-refractivity contribution is -0.136. The molecule has 5 heteroatoms. The Bertz CT molecular complexity index is 990. The summed E-state index contributed by atoms with van der Waals surface area (Å²) in [5.74, 6) is 5.63. The highest BCUT2D eigenvalue weighted by atomic mass is 16.3. The van der Waals surface area contributed by atoms with Crippen LogP contribution in [0, 0.1) is 71.0 Å². The zero-order chi connectivity index (χ0) is 22.4. The largest absolute Gasteiger partial charge is 0.390 e. The van der Waals surface area contributed by atoms with Gasteiger partial charge in [0.15, 0.2) is 5.78 Å². The molecule has 0 unspecified atom stereocenters. The predicted molar refractivity (Wildman–Crippen MR) is 120 cm³/mol. The van der Waals surface area contributed by atoms with E-state index in [2.05, 4.69) is 18.1 Å². The number of hydrogen-bond donors (Lipinski definition) is 1. The number of nitriles is 1. The van der Waals surface area contributed by atoms with Gasteiger partial charge in [-0.05, 0) is 112 Å². The van der Waals surface area contributed by atoms with Crippen molar-refractivity contribution < 1.29 is 9.90 Å². The van der Waals surface area contributed by atoms with E-state index in [1.54, 1.807) is 10.9 Å². The lowest BCUT2D eigenvalue weighted by atomic mass is 9.48. The van der Waals surface area contributed by atoms with Crippen molar-refractivity contribution in [2.75, 3.05) is 0 Å². The fraction of sp³-hybridized carbons (Fsp3) is 0.815. The summed E-state index contributed by atoms with van der Waals surface area (Å²) >= 11 is 0. The van der Waals surface area contributed by atoms with Gasteiger partial charge in [-0.3, -0.25) is 9.48 Å². The van der Waals surface area contributed by atoms with Crippen molar-refractivity contribution in [1.29, 1.82) is 5.26 Å². The van der Waals surface area contributed by atoms with Crippen LogP contribution < -0.4 is 0 Å². The number of ketones is 1. The number of Topliss-reactive ketones (excluding diaryl/α,β-unsaturated/α-hetero) is 1. The summed E-state index contributed by atoms with van der Waals surface area (Å²) in [6, 6.07) is 2.18. The van der Waals surface area contributed by atoms with Crippen molar-refractivity contribution >= 4 is 5.78 Å². The smallest absolute Gasteiger partial charge is 0.158 e. The average molecular weight is 436 g/mol. The SMILES string of the molecule is Cc1c(C#N)cnn1CC(=O)[C@H]1[C@H]2C[C@H]2[C@H]2[C@@H]3CC[C@@H]4C[C@](C)(O)CC[C@@H]4[C@H]3CC[C@@]21C. The van der Waals surface area contributed by atoms with Gasteiger partial charge in [0.05, 0.1) is 23.1 Å². The monoisotopic (exact) mass is 435 g/mol. The van der Waals surface area contributed by atoms with E-state index < -0.39 is 5.60 Å². The van der Waals surface area contributed by atoms with Crippen molar-refractivity contribution in [1.82, 2.24) is 9.78 Å². The first kappa shape index (κ1) is 20.9. The number of fused-ring (bicyclic) bond motifs is 7. The van der Waals surface area contributed by atoms with Gasteiger partial charge >= 0.3 is 0 Å². The quantitative estimate of drug-likeness (QED) is 0.758. The minimum Gasteiger partial charge on any atom is -0.390 e. The first-order valence-electron chi connectivity index (χ1n) is 12.9. The van der Waals surface area contributed by atoms with Crippen LogP contribution in [0.5, 0.6) is 0 Å². The van der Waals surface area contributed by atoms with Crippen LogP contribution in [0.25, 0.3) is 0 Å². The molecule has 5 saturated carbocycles. The van der Waals surface area contributed by atoms with Crippen molar-refractivity contribution in [2.45, 2.75) is 84.3 Å². The number of hydrogen-bond acceptors (Lipinski definition) is 4. The van der Waals surface area contributed by atoms with Gasteiger partial charge in [-0.2, -0.15) is 10.4 Å². The van der Waals surface area contributed by atoms with Crippen molar-refractivity contribution in [2.24, 2.45) is 52.8 Å². The Morgan fingerprint density at radius 1 is 1.16 bits per heavy atom. The molecule has 0 aromatic carbocycles. The molecule has 1 aromatic heterocycles. The molecule has 0 saturated heterocycles. The number of carbonyl (C=O) groups excluding carboxylic acids is 1. The maximum absolute atomic E-state index is 13.6. The standard InChI is InChI=1S/C27H37N3O2/c1-15-17(12-28)13-29-30(15)14-23(31)25-22-10-21(22)24-20-5-4-16-11-26(2,32)8-6-18(16)19(20)7-9-27(24,25)3/h13,16,18-22,24-25,32H,4-11,14H2,1-3H3/t16-,18+,19-,20-,21-,22+,24-,25-,26-,27+/m1/s1. The van der Waals surface area contributed by atoms with Gasteiger partial charge in [-0.15, -0.1) is 0 Å². The molecular weight excluding hydrogens is 398 g/mol. The maximum atomic E-state index is 13.6. The van der Waals surface area contributed by atoms with E-state index in [-0.39, 0.29) is 11.3 Å². The Kier molecular flexibility index (Phi) is 4.52. The van der Waals surface area contributed by atoms with E-state index in [9.17, 15) is 15.2 Å². The van der Waals surface area contributed by atoms with E-state index in [1.165, 1.54) is 38.5 Å². The summed E-state index contributed by atoms with van der Waals surface area (Å²) in [7, 11) is 0. The Hall–Kier alpha value is -1.67. The van der Waals surface area contributed by atoms with Gasteiger partial charge in [0, 0.05) is 5.92 Å². The number of rotatable bonds is 3. The summed E-state index contributed by atoms with van der Waals surface area (Å²) < 4.78 is 1.75. The topological polar surface area (TPSA) is 78.9 Å². The molecule has 5 aliphatic carbocycles. The van der Waals surface area contributed by atoms with Crippen LogP contribution in [0.3, 0.4) is 0 Å². The molecule has 1 aromatic rings. The number of aliphatic hydroxyl groups is 1. The van der Waals surface area contributed by atoms with Crippen molar-refractivity contribution in [3.8, 4) is 6.07 Å². The van der Waals surface area contributed by atoms with Crippen LogP contribution in [0.4, 0.5) is 0 Å². The lowest BCUT2D eigenvalue weighted by Gasteiger charge is -2.57. The molecule has 10 atom stereocenters. The normalized spacial score (nSPS) is 48.7. The zero-order valence-corrected chi connectivity index (χ0v) is 19.8. The molecule has 172 valence electrons. The highest BCUT2D eigenvalue weighted by Crippen LogP contribution is 2.74. The third kappa shape index (κ3) is 2.91. The molecular formula is C27H37N3O2. The van der Waals surface area contributed by atoms with Crippen LogP contribution in [0.1, 0.15) is 76.5 Å². The summed E-state index contributed by atoms with van der Waals surface area (Å²) in [4.78, 5) is 13.6. The Balaban J connectivity index is 1.23. The van der Waals surface area contributed by atoms with Gasteiger partial charge in [0.1, 0.15) is 12.6 Å². The summed E-state index contributed by atoms with van der Waals surface area (Å²) in [6.07, 6.45) is 11.0. The third-order valence-corrected chi connectivity index (χ3v) is 10.9. The molecule has 0 aliphatic heterocycles. The van der Waals surface area contributed by atoms with Gasteiger partial charge in [-0.1, -0.05) is 6.92 Å². The lowest BCUT2D eigenvalue weighted by Crippen LogP contribution is -2.52. The fourth-order valence-electron chi connectivity index (χ4n) is 9.62. The Labute approximate surface area is 191 Å². The summed E-state index contributed by atoms with van der Waals surface area (Å²) in [5, 5.41) is 24.2. The minimum atomic E-state index is -0.459. The Morgan fingerprint density at radius 3 is 2.69 bits per heavy atom. The Morgan fingerprint density at radius 2 is 1.94 bits per heavy atom. The fourth-order valence-corrected chi connectivity index (χ4v) is 9.62. The van der Waals surface area contributed by atoms with Gasteiger partial charge in [-0.25, -0.2) is 0 Å². The maximum Gasteiger partial charge on any atom is 0.158 e. The average Bonchev–Trinajstić information content (AvgIpc) is 3.34. The number of aromatic nitrogens is 2. The van der Waals surface area contributed by atoms with Crippen LogP contribution >= 0.6 is 0 Å². The molecule has 5 fully saturated rings. The molecule has 5 nitrogen and oxygen atoms in total. The van der Waals surface area contributed by atoms with Crippen LogP contribution in [-0.2, 0) is 11.3 Å². The second-order valence-corrected chi connectivity index (χ2v) is 12.6. The van der Waals surface area contributed by atoms with E-state index in [1.807, 2.05) is 13.8 Å². The van der Waals surface area contributed by atoms with Crippen LogP contribution in [0.15, 0.2) is 6.20 Å². The van der Waals surface area contributed by atoms with Crippen LogP contribution in [-0.4, -0.2) is 26.3 Å².